The number of likely N-dealkylation sites (tertiary alicyclic amines) is 1. The number of aliphatic hydroxyl groups excluding tert-OH is 1. The molecule has 82 valence electrons. The highest BCUT2D eigenvalue weighted by atomic mass is 16.3. The zero-order valence-electron chi connectivity index (χ0n) is 8.67. The molecule has 1 saturated heterocycles. The van der Waals surface area contributed by atoms with Crippen molar-refractivity contribution in [3.8, 4) is 0 Å². The summed E-state index contributed by atoms with van der Waals surface area (Å²) in [7, 11) is 0. The molecule has 1 heterocycles. The zero-order chi connectivity index (χ0) is 10.2. The minimum absolute atomic E-state index is 0.102. The van der Waals surface area contributed by atoms with E-state index in [9.17, 15) is 4.79 Å². The third-order valence-electron chi connectivity index (χ3n) is 2.51. The Labute approximate surface area is 85.3 Å². The van der Waals surface area contributed by atoms with Crippen molar-refractivity contribution in [2.24, 2.45) is 0 Å². The highest BCUT2D eigenvalue weighted by Crippen LogP contribution is 2.06. The normalized spacial score (nSPS) is 17.2. The summed E-state index contributed by atoms with van der Waals surface area (Å²) < 4.78 is 0. The summed E-state index contributed by atoms with van der Waals surface area (Å²) in [5.74, 6) is 0.102. The second kappa shape index (κ2) is 6.79. The fourth-order valence-corrected chi connectivity index (χ4v) is 1.66. The number of hydrogen-bond acceptors (Lipinski definition) is 3. The lowest BCUT2D eigenvalue weighted by atomic mass is 10.3. The molecule has 0 saturated carbocycles. The van der Waals surface area contributed by atoms with Gasteiger partial charge in [0.25, 0.3) is 0 Å². The molecule has 14 heavy (non-hydrogen) atoms. The highest BCUT2D eigenvalue weighted by molar-refractivity contribution is 5.75. The van der Waals surface area contributed by atoms with Crippen LogP contribution >= 0.6 is 0 Å². The van der Waals surface area contributed by atoms with Crippen molar-refractivity contribution in [1.82, 2.24) is 10.2 Å². The Hall–Kier alpha value is -0.610. The van der Waals surface area contributed by atoms with Crippen molar-refractivity contribution in [2.45, 2.75) is 25.7 Å². The molecule has 1 amide bonds. The number of carbonyl (C=O) groups excluding carboxylic acids is 1. The lowest BCUT2D eigenvalue weighted by Crippen LogP contribution is -2.30. The topological polar surface area (TPSA) is 52.6 Å². The lowest BCUT2D eigenvalue weighted by Gasteiger charge is -2.13. The first-order chi connectivity index (χ1) is 6.83. The molecule has 1 aliphatic rings. The first kappa shape index (κ1) is 11.5. The predicted octanol–water partition coefficient (Wildman–Crippen LogP) is -0.0291. The number of hydrogen-bond donors (Lipinski definition) is 2. The molecule has 1 aliphatic heterocycles. The molecule has 2 N–H and O–H groups in total. The van der Waals surface area contributed by atoms with E-state index in [1.54, 1.807) is 0 Å². The summed E-state index contributed by atoms with van der Waals surface area (Å²) >= 11 is 0. The minimum atomic E-state index is 0.102. The molecule has 0 aromatic heterocycles. The van der Waals surface area contributed by atoms with E-state index in [0.717, 1.165) is 19.6 Å². The molecular weight excluding hydrogens is 180 g/mol. The molecule has 4 heteroatoms. The molecule has 0 aromatic carbocycles. The van der Waals surface area contributed by atoms with E-state index >= 15 is 0 Å². The summed E-state index contributed by atoms with van der Waals surface area (Å²) in [6.45, 7) is 3.90. The molecule has 4 nitrogen and oxygen atoms in total. The third kappa shape index (κ3) is 4.58. The molecular formula is C10H20N2O2. The van der Waals surface area contributed by atoms with Crippen LogP contribution < -0.4 is 5.32 Å². The zero-order valence-corrected chi connectivity index (χ0v) is 8.67. The summed E-state index contributed by atoms with van der Waals surface area (Å²) in [4.78, 5) is 13.6. The van der Waals surface area contributed by atoms with Crippen LogP contribution in [0.15, 0.2) is 0 Å². The number of aliphatic hydroxyl groups is 1. The van der Waals surface area contributed by atoms with Crippen molar-refractivity contribution in [3.05, 3.63) is 0 Å². The highest BCUT2D eigenvalue weighted by Gasteiger charge is 2.12. The largest absolute Gasteiger partial charge is 0.396 e. The molecule has 0 bridgehead atoms. The van der Waals surface area contributed by atoms with Crippen LogP contribution in [-0.2, 0) is 4.79 Å². The van der Waals surface area contributed by atoms with Crippen LogP contribution in [0.2, 0.25) is 0 Å². The Morgan fingerprint density at radius 1 is 1.36 bits per heavy atom. The predicted molar refractivity (Wildman–Crippen MR) is 55.0 cm³/mol. The number of amides is 1. The Morgan fingerprint density at radius 2 is 2.07 bits per heavy atom. The maximum atomic E-state index is 11.3. The average molecular weight is 200 g/mol. The van der Waals surface area contributed by atoms with Gasteiger partial charge >= 0.3 is 0 Å². The minimum Gasteiger partial charge on any atom is -0.396 e. The summed E-state index contributed by atoms with van der Waals surface area (Å²) in [6, 6.07) is 0. The van der Waals surface area contributed by atoms with Gasteiger partial charge < -0.3 is 15.3 Å². The Balaban J connectivity index is 1.96. The molecule has 0 unspecified atom stereocenters. The fraction of sp³-hybridized carbons (Fsp3) is 0.900. The standard InChI is InChI=1S/C10H20N2O2/c13-9-3-5-11-10(14)4-8-12-6-1-2-7-12/h13H,1-9H2,(H,11,14). The maximum absolute atomic E-state index is 11.3. The van der Waals surface area contributed by atoms with Gasteiger partial charge in [-0.2, -0.15) is 0 Å². The van der Waals surface area contributed by atoms with Crippen molar-refractivity contribution in [2.75, 3.05) is 32.8 Å². The summed E-state index contributed by atoms with van der Waals surface area (Å²) in [5.41, 5.74) is 0. The SMILES string of the molecule is O=C(CCN1CCCC1)NCCCO. The number of carbonyl (C=O) groups is 1. The summed E-state index contributed by atoms with van der Waals surface area (Å²) in [6.07, 6.45) is 3.78. The van der Waals surface area contributed by atoms with Gasteiger partial charge in [0.15, 0.2) is 0 Å². The van der Waals surface area contributed by atoms with Crippen LogP contribution in [0.1, 0.15) is 25.7 Å². The molecule has 0 aromatic rings. The van der Waals surface area contributed by atoms with E-state index in [1.807, 2.05) is 0 Å². The number of rotatable bonds is 6. The van der Waals surface area contributed by atoms with Crippen LogP contribution in [0.5, 0.6) is 0 Å². The molecule has 0 radical (unpaired) electrons. The van der Waals surface area contributed by atoms with E-state index in [0.29, 0.717) is 19.4 Å². The van der Waals surface area contributed by atoms with Gasteiger partial charge in [0, 0.05) is 26.1 Å². The third-order valence-corrected chi connectivity index (χ3v) is 2.51. The van der Waals surface area contributed by atoms with Crippen molar-refractivity contribution >= 4 is 5.91 Å². The van der Waals surface area contributed by atoms with Gasteiger partial charge in [0.1, 0.15) is 0 Å². The van der Waals surface area contributed by atoms with E-state index in [4.69, 9.17) is 5.11 Å². The second-order valence-corrected chi connectivity index (χ2v) is 3.73. The van der Waals surface area contributed by atoms with Gasteiger partial charge in [-0.1, -0.05) is 0 Å². The first-order valence-electron chi connectivity index (χ1n) is 5.43. The van der Waals surface area contributed by atoms with Crippen molar-refractivity contribution < 1.29 is 9.90 Å². The van der Waals surface area contributed by atoms with Crippen molar-refractivity contribution in [3.63, 3.8) is 0 Å². The van der Waals surface area contributed by atoms with Gasteiger partial charge in [-0.15, -0.1) is 0 Å². The molecule has 1 fully saturated rings. The van der Waals surface area contributed by atoms with E-state index in [-0.39, 0.29) is 12.5 Å². The van der Waals surface area contributed by atoms with Crippen LogP contribution in [0, 0.1) is 0 Å². The van der Waals surface area contributed by atoms with Crippen LogP contribution in [0.3, 0.4) is 0 Å². The first-order valence-corrected chi connectivity index (χ1v) is 5.43. The Kier molecular flexibility index (Phi) is 5.56. The van der Waals surface area contributed by atoms with E-state index in [1.165, 1.54) is 12.8 Å². The van der Waals surface area contributed by atoms with Gasteiger partial charge in [-0.05, 0) is 32.4 Å². The van der Waals surface area contributed by atoms with E-state index < -0.39 is 0 Å². The van der Waals surface area contributed by atoms with Crippen LogP contribution in [0.4, 0.5) is 0 Å². The molecule has 0 aliphatic carbocycles. The molecule has 0 atom stereocenters. The number of nitrogens with one attached hydrogen (secondary N) is 1. The van der Waals surface area contributed by atoms with Crippen molar-refractivity contribution in [1.29, 1.82) is 0 Å². The van der Waals surface area contributed by atoms with E-state index in [2.05, 4.69) is 10.2 Å². The van der Waals surface area contributed by atoms with Crippen LogP contribution in [-0.4, -0.2) is 48.7 Å². The Morgan fingerprint density at radius 3 is 2.71 bits per heavy atom. The summed E-state index contributed by atoms with van der Waals surface area (Å²) in [5, 5.41) is 11.3. The quantitative estimate of drug-likeness (QED) is 0.592. The fourth-order valence-electron chi connectivity index (χ4n) is 1.66. The van der Waals surface area contributed by atoms with Gasteiger partial charge in [0.2, 0.25) is 5.91 Å². The number of nitrogens with zero attached hydrogens (tertiary/aromatic N) is 1. The smallest absolute Gasteiger partial charge is 0.221 e. The maximum Gasteiger partial charge on any atom is 0.221 e. The van der Waals surface area contributed by atoms with Gasteiger partial charge in [-0.3, -0.25) is 4.79 Å². The van der Waals surface area contributed by atoms with Gasteiger partial charge in [-0.25, -0.2) is 0 Å². The lowest BCUT2D eigenvalue weighted by molar-refractivity contribution is -0.121. The Bertz CT molecular complexity index is 168. The second-order valence-electron chi connectivity index (χ2n) is 3.73. The van der Waals surface area contributed by atoms with Gasteiger partial charge in [0.05, 0.1) is 0 Å². The van der Waals surface area contributed by atoms with Crippen LogP contribution in [0.25, 0.3) is 0 Å². The molecule has 1 rings (SSSR count). The monoisotopic (exact) mass is 200 g/mol. The molecule has 0 spiro atoms. The average Bonchev–Trinajstić information content (AvgIpc) is 2.68.